The molecule has 8 nitrogen and oxygen atoms in total. The Hall–Kier alpha value is -2.29. The molecule has 0 aliphatic carbocycles. The van der Waals surface area contributed by atoms with Gasteiger partial charge in [-0.1, -0.05) is 11.3 Å². The topological polar surface area (TPSA) is 104 Å². The predicted octanol–water partition coefficient (Wildman–Crippen LogP) is 1.45. The minimum atomic E-state index is -0.554. The van der Waals surface area contributed by atoms with Crippen molar-refractivity contribution in [1.29, 1.82) is 0 Å². The third-order valence-corrected chi connectivity index (χ3v) is 5.29. The van der Waals surface area contributed by atoms with Crippen molar-refractivity contribution in [1.82, 2.24) is 30.8 Å². The Bertz CT molecular complexity index is 688. The summed E-state index contributed by atoms with van der Waals surface area (Å²) in [7, 11) is 0. The molecule has 0 bridgehead atoms. The minimum Gasteiger partial charge on any atom is -0.345 e. The van der Waals surface area contributed by atoms with Crippen LogP contribution in [0.15, 0.2) is 17.5 Å². The molecule has 1 saturated heterocycles. The first-order valence-corrected chi connectivity index (χ1v) is 9.38. The van der Waals surface area contributed by atoms with Crippen LogP contribution in [-0.4, -0.2) is 49.9 Å². The Morgan fingerprint density at radius 1 is 1.52 bits per heavy atom. The summed E-state index contributed by atoms with van der Waals surface area (Å²) >= 11 is 1.70. The molecule has 0 unspecified atom stereocenters. The fraction of sp³-hybridized carbons (Fsp3) is 0.562. The molecule has 1 aliphatic heterocycles. The van der Waals surface area contributed by atoms with Gasteiger partial charge in [0.25, 0.3) is 0 Å². The molecule has 3 rings (SSSR count). The number of hydrogen-bond acceptors (Lipinski definition) is 6. The van der Waals surface area contributed by atoms with Crippen LogP contribution in [0, 0.1) is 0 Å². The molecule has 25 heavy (non-hydrogen) atoms. The molecule has 0 aromatic carbocycles. The number of carbonyl (C=O) groups is 2. The monoisotopic (exact) mass is 362 g/mol. The Morgan fingerprint density at radius 3 is 3.12 bits per heavy atom. The van der Waals surface area contributed by atoms with E-state index < -0.39 is 6.04 Å². The number of aromatic amines is 1. The molecule has 1 aliphatic rings. The standard InChI is InChI=1S/C16H22N6O2S/c1-11(17-14(23)8-2-5-12-6-4-10-25-12)16(24)22-9-3-7-13(22)15-18-20-21-19-15/h4,6,10-11,13H,2-3,5,7-9H2,1H3,(H,17,23)(H,18,19,20,21)/t11-,13-/m0/s1. The van der Waals surface area contributed by atoms with Gasteiger partial charge >= 0.3 is 0 Å². The van der Waals surface area contributed by atoms with Crippen LogP contribution in [-0.2, 0) is 16.0 Å². The van der Waals surface area contributed by atoms with E-state index in [2.05, 4.69) is 32.0 Å². The number of amides is 2. The van der Waals surface area contributed by atoms with Gasteiger partial charge in [0, 0.05) is 17.8 Å². The third-order valence-electron chi connectivity index (χ3n) is 4.35. The van der Waals surface area contributed by atoms with Crippen LogP contribution >= 0.6 is 11.3 Å². The largest absolute Gasteiger partial charge is 0.345 e. The molecule has 2 aromatic heterocycles. The van der Waals surface area contributed by atoms with Crippen LogP contribution in [0.25, 0.3) is 0 Å². The summed E-state index contributed by atoms with van der Waals surface area (Å²) in [6.07, 6.45) is 3.80. The van der Waals surface area contributed by atoms with Crippen LogP contribution in [0.5, 0.6) is 0 Å². The van der Waals surface area contributed by atoms with E-state index in [9.17, 15) is 9.59 Å². The van der Waals surface area contributed by atoms with Crippen LogP contribution in [0.4, 0.5) is 0 Å². The number of likely N-dealkylation sites (tertiary alicyclic amines) is 1. The van der Waals surface area contributed by atoms with Crippen molar-refractivity contribution in [2.24, 2.45) is 0 Å². The minimum absolute atomic E-state index is 0.0901. The van der Waals surface area contributed by atoms with E-state index in [4.69, 9.17) is 0 Å². The highest BCUT2D eigenvalue weighted by Crippen LogP contribution is 2.29. The summed E-state index contributed by atoms with van der Waals surface area (Å²) in [5.74, 6) is 0.340. The van der Waals surface area contributed by atoms with Crippen LogP contribution in [0.3, 0.4) is 0 Å². The number of tetrazole rings is 1. The van der Waals surface area contributed by atoms with Gasteiger partial charge in [0.2, 0.25) is 11.8 Å². The Labute approximate surface area is 150 Å². The molecule has 3 heterocycles. The Morgan fingerprint density at radius 2 is 2.40 bits per heavy atom. The fourth-order valence-electron chi connectivity index (χ4n) is 3.11. The summed E-state index contributed by atoms with van der Waals surface area (Å²) < 4.78 is 0. The zero-order valence-corrected chi connectivity index (χ0v) is 15.0. The third kappa shape index (κ3) is 4.41. The zero-order chi connectivity index (χ0) is 17.6. The quantitative estimate of drug-likeness (QED) is 0.776. The van der Waals surface area contributed by atoms with Crippen LogP contribution in [0.1, 0.15) is 49.4 Å². The second kappa shape index (κ2) is 8.19. The van der Waals surface area contributed by atoms with E-state index in [1.165, 1.54) is 4.88 Å². The first kappa shape index (κ1) is 17.5. The lowest BCUT2D eigenvalue weighted by atomic mass is 10.1. The molecule has 1 fully saturated rings. The normalized spacial score (nSPS) is 18.3. The van der Waals surface area contributed by atoms with Crippen molar-refractivity contribution in [3.63, 3.8) is 0 Å². The van der Waals surface area contributed by atoms with Gasteiger partial charge in [-0.3, -0.25) is 9.59 Å². The summed E-state index contributed by atoms with van der Waals surface area (Å²) in [4.78, 5) is 27.8. The van der Waals surface area contributed by atoms with E-state index in [1.54, 1.807) is 23.2 Å². The SMILES string of the molecule is C[C@H](NC(=O)CCCc1cccs1)C(=O)N1CCC[C@H]1c1nn[nH]n1. The van der Waals surface area contributed by atoms with Crippen molar-refractivity contribution >= 4 is 23.2 Å². The lowest BCUT2D eigenvalue weighted by molar-refractivity contribution is -0.136. The molecule has 0 radical (unpaired) electrons. The number of nitrogens with zero attached hydrogens (tertiary/aromatic N) is 4. The summed E-state index contributed by atoms with van der Waals surface area (Å²) in [5.41, 5.74) is 0. The van der Waals surface area contributed by atoms with Gasteiger partial charge in [-0.25, -0.2) is 0 Å². The first-order valence-electron chi connectivity index (χ1n) is 8.50. The second-order valence-corrected chi connectivity index (χ2v) is 7.21. The highest BCUT2D eigenvalue weighted by Gasteiger charge is 2.35. The highest BCUT2D eigenvalue weighted by molar-refractivity contribution is 7.09. The fourth-order valence-corrected chi connectivity index (χ4v) is 3.86. The predicted molar refractivity (Wildman–Crippen MR) is 92.7 cm³/mol. The Kier molecular flexibility index (Phi) is 5.75. The van der Waals surface area contributed by atoms with E-state index in [-0.39, 0.29) is 17.9 Å². The molecular formula is C16H22N6O2S. The van der Waals surface area contributed by atoms with E-state index in [1.807, 2.05) is 11.4 Å². The maximum Gasteiger partial charge on any atom is 0.245 e. The van der Waals surface area contributed by atoms with Crippen LogP contribution in [0.2, 0.25) is 0 Å². The molecule has 0 saturated carbocycles. The zero-order valence-electron chi connectivity index (χ0n) is 14.1. The van der Waals surface area contributed by atoms with Crippen molar-refractivity contribution in [3.8, 4) is 0 Å². The van der Waals surface area contributed by atoms with Crippen molar-refractivity contribution in [2.45, 2.75) is 51.1 Å². The molecular weight excluding hydrogens is 340 g/mol. The van der Waals surface area contributed by atoms with Gasteiger partial charge in [0.05, 0.1) is 6.04 Å². The molecule has 134 valence electrons. The number of aryl methyl sites for hydroxylation is 1. The average molecular weight is 362 g/mol. The number of rotatable bonds is 7. The van der Waals surface area contributed by atoms with Gasteiger partial charge in [0.1, 0.15) is 6.04 Å². The smallest absolute Gasteiger partial charge is 0.245 e. The molecule has 2 N–H and O–H groups in total. The summed E-state index contributed by atoms with van der Waals surface area (Å²) in [6.45, 7) is 2.38. The lowest BCUT2D eigenvalue weighted by Gasteiger charge is -2.26. The summed E-state index contributed by atoms with van der Waals surface area (Å²) in [6, 6.07) is 3.36. The van der Waals surface area contributed by atoms with Gasteiger partial charge in [-0.2, -0.15) is 5.21 Å². The van der Waals surface area contributed by atoms with Gasteiger partial charge in [-0.05, 0) is 44.1 Å². The lowest BCUT2D eigenvalue weighted by Crippen LogP contribution is -2.46. The first-order chi connectivity index (χ1) is 12.1. The maximum atomic E-state index is 12.7. The van der Waals surface area contributed by atoms with E-state index in [0.717, 1.165) is 25.7 Å². The number of aromatic nitrogens is 4. The van der Waals surface area contributed by atoms with Gasteiger partial charge < -0.3 is 10.2 Å². The molecule has 9 heteroatoms. The van der Waals surface area contributed by atoms with Gasteiger partial charge in [-0.15, -0.1) is 21.5 Å². The Balaban J connectivity index is 1.47. The van der Waals surface area contributed by atoms with E-state index in [0.29, 0.717) is 18.8 Å². The number of nitrogens with one attached hydrogen (secondary N) is 2. The molecule has 2 atom stereocenters. The van der Waals surface area contributed by atoms with E-state index >= 15 is 0 Å². The van der Waals surface area contributed by atoms with Crippen molar-refractivity contribution in [2.75, 3.05) is 6.54 Å². The highest BCUT2D eigenvalue weighted by atomic mass is 32.1. The number of thiophene rings is 1. The maximum absolute atomic E-state index is 12.7. The number of H-pyrrole nitrogens is 1. The number of hydrogen-bond donors (Lipinski definition) is 2. The van der Waals surface area contributed by atoms with Crippen molar-refractivity contribution < 1.29 is 9.59 Å². The molecule has 0 spiro atoms. The van der Waals surface area contributed by atoms with Crippen LogP contribution < -0.4 is 5.32 Å². The number of carbonyl (C=O) groups excluding carboxylic acids is 2. The second-order valence-electron chi connectivity index (χ2n) is 6.18. The molecule has 2 aromatic rings. The summed E-state index contributed by atoms with van der Waals surface area (Å²) in [5, 5.41) is 18.8. The molecule has 2 amide bonds. The average Bonchev–Trinajstić information content (AvgIpc) is 3.34. The van der Waals surface area contributed by atoms with Gasteiger partial charge in [0.15, 0.2) is 5.82 Å². The van der Waals surface area contributed by atoms with Crippen molar-refractivity contribution in [3.05, 3.63) is 28.2 Å².